The molecule has 2 aromatic rings. The van der Waals surface area contributed by atoms with E-state index in [4.69, 9.17) is 9.47 Å². The van der Waals surface area contributed by atoms with Gasteiger partial charge >= 0.3 is 5.97 Å². The van der Waals surface area contributed by atoms with Crippen LogP contribution in [0.1, 0.15) is 34.8 Å². The molecule has 1 aliphatic carbocycles. The maximum atomic E-state index is 11.4. The van der Waals surface area contributed by atoms with Gasteiger partial charge in [0.05, 0.1) is 26.1 Å². The van der Waals surface area contributed by atoms with E-state index < -0.39 is 5.97 Å². The Balaban J connectivity index is 2.19. The predicted octanol–water partition coefficient (Wildman–Crippen LogP) is 2.47. The van der Waals surface area contributed by atoms with Gasteiger partial charge in [-0.25, -0.2) is 9.48 Å². The number of aromatic carboxylic acids is 1. The van der Waals surface area contributed by atoms with Crippen LogP contribution in [-0.2, 0) is 0 Å². The lowest BCUT2D eigenvalue weighted by atomic mass is 10.1. The Morgan fingerprint density at radius 1 is 1.33 bits per heavy atom. The summed E-state index contributed by atoms with van der Waals surface area (Å²) in [6, 6.07) is 5.46. The molecule has 0 aliphatic heterocycles. The van der Waals surface area contributed by atoms with Crippen molar-refractivity contribution in [1.82, 2.24) is 9.78 Å². The summed E-state index contributed by atoms with van der Waals surface area (Å²) in [5, 5.41) is 13.6. The Hall–Kier alpha value is -2.50. The fourth-order valence-corrected chi connectivity index (χ4v) is 2.50. The van der Waals surface area contributed by atoms with Crippen molar-refractivity contribution in [2.45, 2.75) is 18.8 Å². The SMILES string of the molecule is COc1cccc(-n2ncc(C(=O)O)c2C2CC2)c1OC. The van der Waals surface area contributed by atoms with E-state index in [1.54, 1.807) is 25.0 Å². The predicted molar refractivity (Wildman–Crippen MR) is 75.6 cm³/mol. The largest absolute Gasteiger partial charge is 0.493 e. The molecule has 0 radical (unpaired) electrons. The third kappa shape index (κ3) is 2.22. The molecule has 1 heterocycles. The van der Waals surface area contributed by atoms with E-state index in [1.165, 1.54) is 6.20 Å². The van der Waals surface area contributed by atoms with Gasteiger partial charge in [0.1, 0.15) is 11.3 Å². The van der Waals surface area contributed by atoms with Crippen LogP contribution in [0.25, 0.3) is 5.69 Å². The molecule has 21 heavy (non-hydrogen) atoms. The molecular weight excluding hydrogens is 272 g/mol. The smallest absolute Gasteiger partial charge is 0.339 e. The van der Waals surface area contributed by atoms with Crippen molar-refractivity contribution in [3.05, 3.63) is 35.7 Å². The van der Waals surface area contributed by atoms with Crippen molar-refractivity contribution in [1.29, 1.82) is 0 Å². The molecule has 0 atom stereocenters. The molecular formula is C15H16N2O4. The molecule has 1 aromatic carbocycles. The number of hydrogen-bond acceptors (Lipinski definition) is 4. The lowest BCUT2D eigenvalue weighted by Crippen LogP contribution is -2.07. The summed E-state index contributed by atoms with van der Waals surface area (Å²) < 4.78 is 12.4. The first-order valence-electron chi connectivity index (χ1n) is 6.70. The lowest BCUT2D eigenvalue weighted by Gasteiger charge is -2.14. The summed E-state index contributed by atoms with van der Waals surface area (Å²) in [4.78, 5) is 11.4. The summed E-state index contributed by atoms with van der Waals surface area (Å²) >= 11 is 0. The number of carbonyl (C=O) groups is 1. The van der Waals surface area contributed by atoms with Crippen LogP contribution in [0.15, 0.2) is 24.4 Å². The Labute approximate surface area is 121 Å². The molecule has 1 N–H and O–H groups in total. The topological polar surface area (TPSA) is 73.6 Å². The van der Waals surface area contributed by atoms with Crippen LogP contribution >= 0.6 is 0 Å². The van der Waals surface area contributed by atoms with Crippen molar-refractivity contribution in [3.8, 4) is 17.2 Å². The van der Waals surface area contributed by atoms with Gasteiger partial charge in [-0.05, 0) is 25.0 Å². The molecule has 1 saturated carbocycles. The monoisotopic (exact) mass is 288 g/mol. The highest BCUT2D eigenvalue weighted by atomic mass is 16.5. The molecule has 0 unspecified atom stereocenters. The van der Waals surface area contributed by atoms with Crippen molar-refractivity contribution in [3.63, 3.8) is 0 Å². The number of carboxylic acid groups (broad SMARTS) is 1. The van der Waals surface area contributed by atoms with Crippen molar-refractivity contribution < 1.29 is 19.4 Å². The first kappa shape index (κ1) is 13.5. The number of ether oxygens (including phenoxy) is 2. The van der Waals surface area contributed by atoms with Gasteiger partial charge in [0.15, 0.2) is 11.5 Å². The normalized spacial score (nSPS) is 14.0. The van der Waals surface area contributed by atoms with Gasteiger partial charge in [-0.3, -0.25) is 0 Å². The van der Waals surface area contributed by atoms with E-state index in [9.17, 15) is 9.90 Å². The maximum Gasteiger partial charge on any atom is 0.339 e. The van der Waals surface area contributed by atoms with E-state index in [0.717, 1.165) is 18.5 Å². The highest BCUT2D eigenvalue weighted by Crippen LogP contribution is 2.44. The molecule has 0 saturated heterocycles. The summed E-state index contributed by atoms with van der Waals surface area (Å²) in [6.07, 6.45) is 3.37. The number of benzene rings is 1. The molecule has 1 fully saturated rings. The van der Waals surface area contributed by atoms with Crippen LogP contribution in [0, 0.1) is 0 Å². The van der Waals surface area contributed by atoms with Gasteiger partial charge in [-0.1, -0.05) is 6.07 Å². The van der Waals surface area contributed by atoms with Crippen molar-refractivity contribution >= 4 is 5.97 Å². The second kappa shape index (κ2) is 5.12. The number of aromatic nitrogens is 2. The Morgan fingerprint density at radius 3 is 2.67 bits per heavy atom. The number of carboxylic acids is 1. The minimum atomic E-state index is -0.954. The Kier molecular flexibility index (Phi) is 3.29. The van der Waals surface area contributed by atoms with Crippen molar-refractivity contribution in [2.24, 2.45) is 0 Å². The zero-order chi connectivity index (χ0) is 15.0. The zero-order valence-electron chi connectivity index (χ0n) is 11.9. The molecule has 6 heteroatoms. The molecule has 110 valence electrons. The van der Waals surface area contributed by atoms with E-state index >= 15 is 0 Å². The highest BCUT2D eigenvalue weighted by molar-refractivity contribution is 5.89. The number of hydrogen-bond donors (Lipinski definition) is 1. The first-order valence-corrected chi connectivity index (χ1v) is 6.70. The number of para-hydroxylation sites is 1. The second-order valence-corrected chi connectivity index (χ2v) is 4.95. The highest BCUT2D eigenvalue weighted by Gasteiger charge is 2.33. The molecule has 1 aromatic heterocycles. The van der Waals surface area contributed by atoms with Gasteiger partial charge < -0.3 is 14.6 Å². The standard InChI is InChI=1S/C15H16N2O4/c1-20-12-5-3-4-11(14(12)21-2)17-13(9-6-7-9)10(8-16-17)15(18)19/h3-5,8-9H,6-7H2,1-2H3,(H,18,19). The van der Waals surface area contributed by atoms with Crippen molar-refractivity contribution in [2.75, 3.05) is 14.2 Å². The van der Waals surface area contributed by atoms with Gasteiger partial charge in [-0.15, -0.1) is 0 Å². The maximum absolute atomic E-state index is 11.4. The van der Waals surface area contributed by atoms with Crippen LogP contribution in [0.3, 0.4) is 0 Å². The molecule has 1 aliphatic rings. The fraction of sp³-hybridized carbons (Fsp3) is 0.333. The van der Waals surface area contributed by atoms with E-state index in [2.05, 4.69) is 5.10 Å². The molecule has 0 amide bonds. The summed E-state index contributed by atoms with van der Waals surface area (Å²) in [5.41, 5.74) is 1.67. The third-order valence-corrected chi connectivity index (χ3v) is 3.61. The fourth-order valence-electron chi connectivity index (χ4n) is 2.50. The minimum Gasteiger partial charge on any atom is -0.493 e. The molecule has 0 spiro atoms. The number of rotatable bonds is 5. The van der Waals surface area contributed by atoms with Crippen LogP contribution in [0.4, 0.5) is 0 Å². The first-order chi connectivity index (χ1) is 10.2. The van der Waals surface area contributed by atoms with E-state index in [0.29, 0.717) is 17.2 Å². The van der Waals surface area contributed by atoms with Gasteiger partial charge in [-0.2, -0.15) is 5.10 Å². The second-order valence-electron chi connectivity index (χ2n) is 4.95. The number of nitrogens with zero attached hydrogens (tertiary/aromatic N) is 2. The Morgan fingerprint density at radius 2 is 2.10 bits per heavy atom. The summed E-state index contributed by atoms with van der Waals surface area (Å²) in [6.45, 7) is 0. The van der Waals surface area contributed by atoms with Crippen LogP contribution in [0.5, 0.6) is 11.5 Å². The summed E-state index contributed by atoms with van der Waals surface area (Å²) in [5.74, 6) is 0.422. The molecule has 3 rings (SSSR count). The summed E-state index contributed by atoms with van der Waals surface area (Å²) in [7, 11) is 3.12. The zero-order valence-corrected chi connectivity index (χ0v) is 11.9. The quantitative estimate of drug-likeness (QED) is 0.915. The van der Waals surface area contributed by atoms with Crippen LogP contribution < -0.4 is 9.47 Å². The van der Waals surface area contributed by atoms with Gasteiger partial charge in [0.25, 0.3) is 0 Å². The van der Waals surface area contributed by atoms with E-state index in [1.807, 2.05) is 12.1 Å². The third-order valence-electron chi connectivity index (χ3n) is 3.61. The minimum absolute atomic E-state index is 0.245. The average Bonchev–Trinajstić information content (AvgIpc) is 3.24. The molecule has 0 bridgehead atoms. The number of methoxy groups -OCH3 is 2. The Bertz CT molecular complexity index is 689. The lowest BCUT2D eigenvalue weighted by molar-refractivity contribution is 0.0695. The molecule has 6 nitrogen and oxygen atoms in total. The van der Waals surface area contributed by atoms with Crippen LogP contribution in [-0.4, -0.2) is 35.1 Å². The van der Waals surface area contributed by atoms with Gasteiger partial charge in [0.2, 0.25) is 0 Å². The average molecular weight is 288 g/mol. The van der Waals surface area contributed by atoms with E-state index in [-0.39, 0.29) is 11.5 Å². The van der Waals surface area contributed by atoms with Gasteiger partial charge in [0, 0.05) is 5.92 Å². The van der Waals surface area contributed by atoms with Crippen LogP contribution in [0.2, 0.25) is 0 Å².